The molecule has 0 heterocycles. The van der Waals surface area contributed by atoms with Crippen LogP contribution in [0.1, 0.15) is 52.9 Å². The number of carboxylic acids is 1. The Morgan fingerprint density at radius 1 is 1.08 bits per heavy atom. The third-order valence-corrected chi connectivity index (χ3v) is 3.33. The summed E-state index contributed by atoms with van der Waals surface area (Å²) in [5.41, 5.74) is -2.18. The van der Waals surface area contributed by atoms with Crippen LogP contribution in [-0.2, 0) is 14.3 Å². The van der Waals surface area contributed by atoms with Crippen molar-refractivity contribution < 1.29 is 36.9 Å². The molecule has 0 aliphatic carbocycles. The second-order valence-electron chi connectivity index (χ2n) is 5.74. The molecule has 0 saturated carbocycles. The predicted octanol–water partition coefficient (Wildman–Crippen LogP) is 4.64. The van der Waals surface area contributed by atoms with Gasteiger partial charge in [0.2, 0.25) is 0 Å². The van der Waals surface area contributed by atoms with Crippen LogP contribution in [0.3, 0.4) is 0 Å². The fourth-order valence-corrected chi connectivity index (χ4v) is 2.06. The minimum atomic E-state index is -4.17. The molecule has 142 valence electrons. The van der Waals surface area contributed by atoms with Crippen LogP contribution >= 0.6 is 0 Å². The summed E-state index contributed by atoms with van der Waals surface area (Å²) >= 11 is 0. The van der Waals surface area contributed by atoms with Gasteiger partial charge in [-0.3, -0.25) is 0 Å². The average Bonchev–Trinajstić information content (AvgIpc) is 2.42. The van der Waals surface area contributed by atoms with E-state index in [0.29, 0.717) is 6.61 Å². The van der Waals surface area contributed by atoms with Crippen molar-refractivity contribution in [3.05, 3.63) is 11.7 Å². The van der Waals surface area contributed by atoms with E-state index in [1.54, 1.807) is 6.92 Å². The zero-order chi connectivity index (χ0) is 18.8. The molecule has 0 amide bonds. The van der Waals surface area contributed by atoms with E-state index in [4.69, 9.17) is 14.6 Å². The summed E-state index contributed by atoms with van der Waals surface area (Å²) in [6.45, 7) is 5.64. The van der Waals surface area contributed by atoms with Gasteiger partial charge >= 0.3 is 5.97 Å². The van der Waals surface area contributed by atoms with Crippen LogP contribution in [-0.4, -0.2) is 42.4 Å². The monoisotopic (exact) mass is 358 g/mol. The molecule has 0 fully saturated rings. The zero-order valence-corrected chi connectivity index (χ0v) is 14.3. The second kappa shape index (κ2) is 11.4. The van der Waals surface area contributed by atoms with Crippen LogP contribution in [0, 0.1) is 0 Å². The number of hydrogen-bond acceptors (Lipinski definition) is 3. The number of alkyl halides is 2. The van der Waals surface area contributed by atoms with Crippen molar-refractivity contribution in [2.75, 3.05) is 13.2 Å². The lowest BCUT2D eigenvalue weighted by atomic mass is 10.0. The fourth-order valence-electron chi connectivity index (χ4n) is 2.06. The molecular weight excluding hydrogens is 332 g/mol. The van der Waals surface area contributed by atoms with Gasteiger partial charge in [-0.1, -0.05) is 26.2 Å². The van der Waals surface area contributed by atoms with Gasteiger partial charge in [0.05, 0.1) is 18.8 Å². The molecule has 1 N–H and O–H groups in total. The maximum atomic E-state index is 13.7. The van der Waals surface area contributed by atoms with Gasteiger partial charge in [-0.25, -0.2) is 13.6 Å². The molecular formula is C16H26F4O4. The highest BCUT2D eigenvalue weighted by molar-refractivity contribution is 5.88. The molecule has 0 radical (unpaired) electrons. The first-order valence-electron chi connectivity index (χ1n) is 8.01. The first kappa shape index (κ1) is 22.9. The van der Waals surface area contributed by atoms with Gasteiger partial charge < -0.3 is 14.6 Å². The van der Waals surface area contributed by atoms with E-state index in [-0.39, 0.29) is 12.7 Å². The maximum Gasteiger partial charge on any atom is 0.343 e. The SMILES string of the molecule is CCCCCCOC(C)COC(C)CC(F)(F)C(C(=O)O)=C(F)F. The first-order chi connectivity index (χ1) is 11.1. The lowest BCUT2D eigenvalue weighted by molar-refractivity contribution is -0.138. The molecule has 2 unspecified atom stereocenters. The minimum Gasteiger partial charge on any atom is -0.478 e. The molecule has 4 nitrogen and oxygen atoms in total. The quantitative estimate of drug-likeness (QED) is 0.296. The van der Waals surface area contributed by atoms with Crippen LogP contribution in [0.15, 0.2) is 11.7 Å². The van der Waals surface area contributed by atoms with E-state index >= 15 is 0 Å². The smallest absolute Gasteiger partial charge is 0.343 e. The highest BCUT2D eigenvalue weighted by Gasteiger charge is 2.44. The largest absolute Gasteiger partial charge is 0.478 e. The van der Waals surface area contributed by atoms with Crippen molar-refractivity contribution in [3.8, 4) is 0 Å². The molecule has 24 heavy (non-hydrogen) atoms. The third-order valence-electron chi connectivity index (χ3n) is 3.33. The van der Waals surface area contributed by atoms with Crippen LogP contribution < -0.4 is 0 Å². The zero-order valence-electron chi connectivity index (χ0n) is 14.3. The number of carboxylic acid groups (broad SMARTS) is 1. The first-order valence-corrected chi connectivity index (χ1v) is 8.01. The van der Waals surface area contributed by atoms with Crippen molar-refractivity contribution in [3.63, 3.8) is 0 Å². The Kier molecular flexibility index (Phi) is 10.9. The van der Waals surface area contributed by atoms with Gasteiger partial charge in [-0.05, 0) is 20.3 Å². The predicted molar refractivity (Wildman–Crippen MR) is 81.4 cm³/mol. The Morgan fingerprint density at radius 3 is 2.21 bits per heavy atom. The van der Waals surface area contributed by atoms with E-state index in [1.807, 2.05) is 0 Å². The second-order valence-corrected chi connectivity index (χ2v) is 5.74. The van der Waals surface area contributed by atoms with Crippen molar-refractivity contribution in [2.45, 2.75) is 71.0 Å². The summed E-state index contributed by atoms with van der Waals surface area (Å²) in [5, 5.41) is 8.49. The molecule has 8 heteroatoms. The number of ether oxygens (including phenoxy) is 2. The lowest BCUT2D eigenvalue weighted by Gasteiger charge is -2.22. The molecule has 0 spiro atoms. The Labute approximate surface area is 139 Å². The van der Waals surface area contributed by atoms with E-state index in [1.165, 1.54) is 6.92 Å². The van der Waals surface area contributed by atoms with Crippen LogP contribution in [0.25, 0.3) is 0 Å². The molecule has 0 saturated heterocycles. The molecule has 0 aromatic heterocycles. The lowest BCUT2D eigenvalue weighted by Crippen LogP contribution is -2.32. The van der Waals surface area contributed by atoms with Gasteiger partial charge in [0.1, 0.15) is 0 Å². The van der Waals surface area contributed by atoms with Crippen molar-refractivity contribution in [2.24, 2.45) is 0 Å². The van der Waals surface area contributed by atoms with Crippen LogP contribution in [0.5, 0.6) is 0 Å². The molecule has 0 aliphatic rings. The van der Waals surface area contributed by atoms with Gasteiger partial charge in [0.25, 0.3) is 12.0 Å². The van der Waals surface area contributed by atoms with Gasteiger partial charge in [0, 0.05) is 13.0 Å². The number of rotatable bonds is 13. The summed E-state index contributed by atoms with van der Waals surface area (Å²) < 4.78 is 62.7. The average molecular weight is 358 g/mol. The topological polar surface area (TPSA) is 55.8 Å². The Morgan fingerprint density at radius 2 is 1.71 bits per heavy atom. The van der Waals surface area contributed by atoms with E-state index < -0.39 is 36.1 Å². The molecule has 0 aromatic carbocycles. The maximum absolute atomic E-state index is 13.7. The minimum absolute atomic E-state index is 0.0231. The number of unbranched alkanes of at least 4 members (excludes halogenated alkanes) is 3. The standard InChI is InChI=1S/C16H26F4O4/c1-4-5-6-7-8-23-12(3)10-24-11(2)9-16(19,20)13(14(17)18)15(21)22/h11-12H,4-10H2,1-3H3,(H,21,22). The summed E-state index contributed by atoms with van der Waals surface area (Å²) in [6, 6.07) is 0. The number of aliphatic carboxylic acids is 1. The molecule has 0 aliphatic heterocycles. The summed E-state index contributed by atoms with van der Waals surface area (Å²) in [7, 11) is 0. The van der Waals surface area contributed by atoms with Gasteiger partial charge in [-0.15, -0.1) is 0 Å². The van der Waals surface area contributed by atoms with Gasteiger partial charge in [0.15, 0.2) is 5.57 Å². The normalized spacial score (nSPS) is 14.3. The van der Waals surface area contributed by atoms with Crippen LogP contribution in [0.2, 0.25) is 0 Å². The summed E-state index contributed by atoms with van der Waals surface area (Å²) in [5.74, 6) is -6.51. The van der Waals surface area contributed by atoms with Gasteiger partial charge in [-0.2, -0.15) is 8.78 Å². The molecule has 2 atom stereocenters. The molecule has 0 rings (SSSR count). The van der Waals surface area contributed by atoms with Crippen molar-refractivity contribution in [1.82, 2.24) is 0 Å². The number of hydrogen-bond donors (Lipinski definition) is 1. The highest BCUT2D eigenvalue weighted by Crippen LogP contribution is 2.33. The Bertz CT molecular complexity index is 409. The Hall–Kier alpha value is -1.15. The van der Waals surface area contributed by atoms with E-state index in [9.17, 15) is 22.4 Å². The molecule has 0 bridgehead atoms. The molecule has 0 aromatic rings. The van der Waals surface area contributed by atoms with E-state index in [0.717, 1.165) is 25.7 Å². The van der Waals surface area contributed by atoms with Crippen molar-refractivity contribution in [1.29, 1.82) is 0 Å². The van der Waals surface area contributed by atoms with Crippen LogP contribution in [0.4, 0.5) is 17.6 Å². The van der Waals surface area contributed by atoms with Crippen molar-refractivity contribution >= 4 is 5.97 Å². The van der Waals surface area contributed by atoms with E-state index in [2.05, 4.69) is 6.92 Å². The summed E-state index contributed by atoms with van der Waals surface area (Å²) in [4.78, 5) is 10.5. The number of halogens is 4. The number of carbonyl (C=O) groups is 1. The summed E-state index contributed by atoms with van der Waals surface area (Å²) in [6.07, 6.45) is -1.30. The Balaban J connectivity index is 4.26. The fraction of sp³-hybridized carbons (Fsp3) is 0.812. The third kappa shape index (κ3) is 9.22. The highest BCUT2D eigenvalue weighted by atomic mass is 19.3.